The van der Waals surface area contributed by atoms with Crippen LogP contribution in [0.2, 0.25) is 0 Å². The predicted molar refractivity (Wildman–Crippen MR) is 38.9 cm³/mol. The number of hydrogen-bond acceptors (Lipinski definition) is 2. The highest BCUT2D eigenvalue weighted by Crippen LogP contribution is 2.36. The monoisotopic (exact) mass is 182 g/mol. The standard InChI is InChI=1S/C6H8Cl2O2/c7-6(9)5-2-1-4(5)3-10-8/h4-5H,1-3H2. The van der Waals surface area contributed by atoms with Gasteiger partial charge in [-0.05, 0) is 30.4 Å². The molecule has 2 nitrogen and oxygen atoms in total. The van der Waals surface area contributed by atoms with Crippen molar-refractivity contribution in [2.24, 2.45) is 11.8 Å². The molecule has 1 aliphatic rings. The molecule has 0 N–H and O–H groups in total. The van der Waals surface area contributed by atoms with E-state index in [0.29, 0.717) is 6.61 Å². The van der Waals surface area contributed by atoms with Gasteiger partial charge in [-0.2, -0.15) is 0 Å². The van der Waals surface area contributed by atoms with Crippen LogP contribution in [-0.2, 0) is 9.08 Å². The molecule has 1 aliphatic carbocycles. The molecular formula is C6H8Cl2O2. The van der Waals surface area contributed by atoms with Crippen LogP contribution in [0.4, 0.5) is 0 Å². The molecule has 0 radical (unpaired) electrons. The molecule has 0 aliphatic heterocycles. The van der Waals surface area contributed by atoms with Crippen LogP contribution in [0.5, 0.6) is 0 Å². The quantitative estimate of drug-likeness (QED) is 0.625. The molecule has 0 bridgehead atoms. The van der Waals surface area contributed by atoms with Gasteiger partial charge >= 0.3 is 0 Å². The number of carbonyl (C=O) groups excluding carboxylic acids is 1. The maximum Gasteiger partial charge on any atom is 0.225 e. The van der Waals surface area contributed by atoms with Crippen molar-refractivity contribution in [2.75, 3.05) is 6.61 Å². The average Bonchev–Trinajstić information content (AvgIpc) is 1.78. The second kappa shape index (κ2) is 3.56. The van der Waals surface area contributed by atoms with Crippen LogP contribution < -0.4 is 0 Å². The molecule has 0 aromatic carbocycles. The summed E-state index contributed by atoms with van der Waals surface area (Å²) in [7, 11) is 0. The van der Waals surface area contributed by atoms with Crippen molar-refractivity contribution in [3.8, 4) is 0 Å². The van der Waals surface area contributed by atoms with Crippen molar-refractivity contribution in [3.05, 3.63) is 0 Å². The first-order valence-electron chi connectivity index (χ1n) is 3.18. The van der Waals surface area contributed by atoms with Gasteiger partial charge in [0.1, 0.15) is 0 Å². The Morgan fingerprint density at radius 2 is 2.30 bits per heavy atom. The van der Waals surface area contributed by atoms with Gasteiger partial charge < -0.3 is 0 Å². The lowest BCUT2D eigenvalue weighted by molar-refractivity contribution is -0.120. The van der Waals surface area contributed by atoms with Crippen LogP contribution in [0.25, 0.3) is 0 Å². The fraction of sp³-hybridized carbons (Fsp3) is 0.833. The molecule has 4 heteroatoms. The minimum atomic E-state index is -0.259. The molecule has 0 amide bonds. The summed E-state index contributed by atoms with van der Waals surface area (Å²) >= 11 is 10.3. The molecule has 0 aromatic heterocycles. The van der Waals surface area contributed by atoms with E-state index in [9.17, 15) is 4.79 Å². The van der Waals surface area contributed by atoms with Gasteiger partial charge in [-0.15, -0.1) is 0 Å². The zero-order chi connectivity index (χ0) is 7.56. The third-order valence-corrected chi connectivity index (χ3v) is 2.39. The third kappa shape index (κ3) is 1.62. The van der Waals surface area contributed by atoms with Gasteiger partial charge in [0.05, 0.1) is 18.5 Å². The Morgan fingerprint density at radius 3 is 2.60 bits per heavy atom. The second-order valence-electron chi connectivity index (χ2n) is 2.52. The number of rotatable bonds is 3. The summed E-state index contributed by atoms with van der Waals surface area (Å²) in [5, 5.41) is -0.259. The van der Waals surface area contributed by atoms with Crippen molar-refractivity contribution in [1.82, 2.24) is 0 Å². The van der Waals surface area contributed by atoms with Crippen molar-refractivity contribution in [3.63, 3.8) is 0 Å². The first-order valence-corrected chi connectivity index (χ1v) is 3.87. The molecule has 0 aromatic rings. The van der Waals surface area contributed by atoms with Gasteiger partial charge in [0, 0.05) is 5.92 Å². The Hall–Kier alpha value is 0.210. The molecule has 0 spiro atoms. The third-order valence-electron chi connectivity index (χ3n) is 1.99. The molecule has 1 fully saturated rings. The first kappa shape index (κ1) is 8.31. The highest BCUT2D eigenvalue weighted by molar-refractivity contribution is 6.64. The number of halogens is 2. The molecule has 0 heterocycles. The van der Waals surface area contributed by atoms with Crippen LogP contribution in [0.3, 0.4) is 0 Å². The Balaban J connectivity index is 2.28. The van der Waals surface area contributed by atoms with Gasteiger partial charge in [0.2, 0.25) is 5.24 Å². The lowest BCUT2D eigenvalue weighted by Crippen LogP contribution is -2.33. The average molecular weight is 183 g/mol. The predicted octanol–water partition coefficient (Wildman–Crippen LogP) is 1.95. The Morgan fingerprint density at radius 1 is 1.60 bits per heavy atom. The van der Waals surface area contributed by atoms with E-state index in [-0.39, 0.29) is 17.1 Å². The lowest BCUT2D eigenvalue weighted by Gasteiger charge is -2.32. The van der Waals surface area contributed by atoms with Gasteiger partial charge in [-0.1, -0.05) is 0 Å². The molecule has 2 unspecified atom stereocenters. The van der Waals surface area contributed by atoms with E-state index in [1.807, 2.05) is 0 Å². The summed E-state index contributed by atoms with van der Waals surface area (Å²) in [6, 6.07) is 0. The summed E-state index contributed by atoms with van der Waals surface area (Å²) < 4.78 is 4.39. The fourth-order valence-corrected chi connectivity index (χ4v) is 1.60. The van der Waals surface area contributed by atoms with Gasteiger partial charge in [-0.3, -0.25) is 9.08 Å². The Labute approximate surface area is 69.6 Å². The Kier molecular flexibility index (Phi) is 2.96. The van der Waals surface area contributed by atoms with Crippen LogP contribution in [0.1, 0.15) is 12.8 Å². The maximum atomic E-state index is 10.6. The fourth-order valence-electron chi connectivity index (χ4n) is 1.15. The van der Waals surface area contributed by atoms with Gasteiger partial charge in [-0.25, -0.2) is 0 Å². The van der Waals surface area contributed by atoms with Crippen LogP contribution in [0, 0.1) is 11.8 Å². The molecule has 0 saturated heterocycles. The van der Waals surface area contributed by atoms with Crippen LogP contribution in [0.15, 0.2) is 0 Å². The zero-order valence-electron chi connectivity index (χ0n) is 5.35. The normalized spacial score (nSPS) is 31.4. The number of hydrogen-bond donors (Lipinski definition) is 0. The minimum Gasteiger partial charge on any atom is -0.281 e. The summed E-state index contributed by atoms with van der Waals surface area (Å²) in [6.45, 7) is 0.435. The second-order valence-corrected chi connectivity index (χ2v) is 3.11. The van der Waals surface area contributed by atoms with E-state index >= 15 is 0 Å². The van der Waals surface area contributed by atoms with Gasteiger partial charge in [0.25, 0.3) is 0 Å². The van der Waals surface area contributed by atoms with Gasteiger partial charge in [0.15, 0.2) is 0 Å². The van der Waals surface area contributed by atoms with Crippen LogP contribution >= 0.6 is 23.5 Å². The van der Waals surface area contributed by atoms with E-state index in [2.05, 4.69) is 4.29 Å². The molecule has 10 heavy (non-hydrogen) atoms. The number of carbonyl (C=O) groups is 1. The largest absolute Gasteiger partial charge is 0.281 e. The molecule has 1 rings (SSSR count). The SMILES string of the molecule is O=C(Cl)C1CCC1COCl. The molecule has 1 saturated carbocycles. The Bertz CT molecular complexity index is 138. The minimum absolute atomic E-state index is 0.0135. The lowest BCUT2D eigenvalue weighted by atomic mass is 9.75. The zero-order valence-corrected chi connectivity index (χ0v) is 6.86. The van der Waals surface area contributed by atoms with Crippen molar-refractivity contribution < 1.29 is 9.08 Å². The van der Waals surface area contributed by atoms with Crippen molar-refractivity contribution >= 4 is 28.7 Å². The topological polar surface area (TPSA) is 26.3 Å². The molecule has 2 atom stereocenters. The maximum absolute atomic E-state index is 10.6. The smallest absolute Gasteiger partial charge is 0.225 e. The van der Waals surface area contributed by atoms with E-state index in [1.54, 1.807) is 0 Å². The van der Waals surface area contributed by atoms with E-state index in [0.717, 1.165) is 12.8 Å². The summed E-state index contributed by atoms with van der Waals surface area (Å²) in [5.41, 5.74) is 0. The van der Waals surface area contributed by atoms with Crippen LogP contribution in [-0.4, -0.2) is 11.8 Å². The van der Waals surface area contributed by atoms with Crippen molar-refractivity contribution in [2.45, 2.75) is 12.8 Å². The summed E-state index contributed by atoms with van der Waals surface area (Å²) in [5.74, 6) is 0.239. The molecule has 58 valence electrons. The van der Waals surface area contributed by atoms with E-state index < -0.39 is 0 Å². The summed E-state index contributed by atoms with van der Waals surface area (Å²) in [6.07, 6.45) is 1.88. The van der Waals surface area contributed by atoms with E-state index in [1.165, 1.54) is 0 Å². The van der Waals surface area contributed by atoms with Crippen molar-refractivity contribution in [1.29, 1.82) is 0 Å². The molecular weight excluding hydrogens is 175 g/mol. The first-order chi connectivity index (χ1) is 4.75. The summed E-state index contributed by atoms with van der Waals surface area (Å²) in [4.78, 5) is 10.6. The van der Waals surface area contributed by atoms with E-state index in [4.69, 9.17) is 23.5 Å². The highest BCUT2D eigenvalue weighted by Gasteiger charge is 2.35. The highest BCUT2D eigenvalue weighted by atomic mass is 35.5.